The third-order valence-electron chi connectivity index (χ3n) is 7.53. The molecule has 32 heavy (non-hydrogen) atoms. The van der Waals surface area contributed by atoms with Gasteiger partial charge < -0.3 is 14.4 Å². The van der Waals surface area contributed by atoms with Crippen molar-refractivity contribution in [1.29, 1.82) is 0 Å². The Morgan fingerprint density at radius 1 is 1.06 bits per heavy atom. The molecule has 1 amide bonds. The number of anilines is 1. The quantitative estimate of drug-likeness (QED) is 0.514. The molecule has 172 valence electrons. The number of carbonyl (C=O) groups is 1. The summed E-state index contributed by atoms with van der Waals surface area (Å²) in [7, 11) is -2.29. The third-order valence-corrected chi connectivity index (χ3v) is 11.0. The van der Waals surface area contributed by atoms with Gasteiger partial charge in [-0.25, -0.2) is 0 Å². The molecule has 1 unspecified atom stereocenters. The van der Waals surface area contributed by atoms with Crippen molar-refractivity contribution < 1.29 is 14.3 Å². The molecule has 2 aromatic rings. The molecule has 1 saturated carbocycles. The minimum Gasteiger partial charge on any atom is -0.481 e. The van der Waals surface area contributed by atoms with Gasteiger partial charge in [-0.2, -0.15) is 0 Å². The summed E-state index contributed by atoms with van der Waals surface area (Å²) in [5.74, 6) is 1.53. The van der Waals surface area contributed by atoms with Crippen LogP contribution in [0.2, 0.25) is 18.1 Å². The van der Waals surface area contributed by atoms with E-state index in [9.17, 15) is 9.59 Å². The van der Waals surface area contributed by atoms with E-state index in [2.05, 4.69) is 51.1 Å². The number of rotatable bonds is 8. The van der Waals surface area contributed by atoms with Crippen molar-refractivity contribution >= 4 is 19.9 Å². The molecule has 4 nitrogen and oxygen atoms in total. The second-order valence-electron chi connectivity index (χ2n) is 10.7. The van der Waals surface area contributed by atoms with Crippen LogP contribution < -0.4 is 9.64 Å². The lowest BCUT2D eigenvalue weighted by molar-refractivity contribution is -0.122. The smallest absolute Gasteiger partial charge is 0.268 e. The molecule has 1 N–H and O–H groups in total. The number of aryl methyl sites for hydroxylation is 1. The Morgan fingerprint density at radius 2 is 1.75 bits per heavy atom. The van der Waals surface area contributed by atoms with Crippen molar-refractivity contribution in [3.63, 3.8) is 0 Å². The number of ether oxygens (including phenoxy) is 1. The summed E-state index contributed by atoms with van der Waals surface area (Å²) in [4.78, 5) is 25.7. The average Bonchev–Trinajstić information content (AvgIpc) is 3.53. The van der Waals surface area contributed by atoms with Crippen LogP contribution in [-0.4, -0.2) is 31.7 Å². The summed E-state index contributed by atoms with van der Waals surface area (Å²) < 4.78 is 6.06. The third kappa shape index (κ3) is 4.79. The van der Waals surface area contributed by atoms with Gasteiger partial charge in [0.2, 0.25) is 0 Å². The van der Waals surface area contributed by atoms with Gasteiger partial charge in [-0.1, -0.05) is 39.0 Å². The number of amides is 1. The maximum atomic E-state index is 13.1. The van der Waals surface area contributed by atoms with Crippen LogP contribution >= 0.6 is 0 Å². The topological polar surface area (TPSA) is 49.8 Å². The molecule has 1 aliphatic heterocycles. The minimum atomic E-state index is -2.29. The first-order chi connectivity index (χ1) is 15.1. The summed E-state index contributed by atoms with van der Waals surface area (Å²) in [6, 6.07) is 14.6. The van der Waals surface area contributed by atoms with Crippen molar-refractivity contribution in [1.82, 2.24) is 0 Å². The Bertz CT molecular complexity index is 973. The van der Waals surface area contributed by atoms with Gasteiger partial charge in [0.05, 0.1) is 0 Å². The highest BCUT2D eigenvalue weighted by Crippen LogP contribution is 2.41. The van der Waals surface area contributed by atoms with Crippen molar-refractivity contribution in [2.75, 3.05) is 11.4 Å². The largest absolute Gasteiger partial charge is 0.481 e. The van der Waals surface area contributed by atoms with Crippen LogP contribution in [0.5, 0.6) is 5.75 Å². The monoisotopic (exact) mass is 451 g/mol. The standard InChI is InChI=1S/C27H37NO3Si/c1-6-19-17-23(12-9-22(19)18-27(2,3)32(4,5)30)28-16-15-25(26(28)29)31-24-13-10-21(11-14-24)20-7-8-20/h9-14,17,20,25,30H,6-8,15-16,18H2,1-5H3. The molecule has 2 aromatic carbocycles. The molecular formula is C27H37NO3Si. The average molecular weight is 452 g/mol. The van der Waals surface area contributed by atoms with Crippen LogP contribution in [0.4, 0.5) is 5.69 Å². The van der Waals surface area contributed by atoms with Crippen molar-refractivity contribution in [3.8, 4) is 5.75 Å². The molecule has 0 spiro atoms. The van der Waals surface area contributed by atoms with Gasteiger partial charge in [0.25, 0.3) is 5.91 Å². The number of hydrogen-bond donors (Lipinski definition) is 1. The second-order valence-corrected chi connectivity index (χ2v) is 15.1. The molecule has 5 heteroatoms. The van der Waals surface area contributed by atoms with Gasteiger partial charge in [-0.05, 0) is 90.7 Å². The zero-order valence-corrected chi connectivity index (χ0v) is 21.1. The Morgan fingerprint density at radius 3 is 2.34 bits per heavy atom. The number of hydrogen-bond acceptors (Lipinski definition) is 3. The van der Waals surface area contributed by atoms with Crippen LogP contribution in [0.3, 0.4) is 0 Å². The van der Waals surface area contributed by atoms with Gasteiger partial charge in [-0.3, -0.25) is 4.79 Å². The van der Waals surface area contributed by atoms with E-state index in [0.717, 1.165) is 30.2 Å². The highest BCUT2D eigenvalue weighted by molar-refractivity contribution is 6.72. The SMILES string of the molecule is CCc1cc(N2CCC(Oc3ccc(C4CC4)cc3)C2=O)ccc1CC(C)(C)[Si](C)(C)O. The molecule has 2 aliphatic rings. The summed E-state index contributed by atoms with van der Waals surface area (Å²) >= 11 is 0. The summed E-state index contributed by atoms with van der Waals surface area (Å²) in [6.45, 7) is 11.2. The van der Waals surface area contributed by atoms with E-state index in [0.29, 0.717) is 13.0 Å². The highest BCUT2D eigenvalue weighted by atomic mass is 28.4. The molecule has 0 bridgehead atoms. The van der Waals surface area contributed by atoms with Gasteiger partial charge >= 0.3 is 0 Å². The first-order valence-electron chi connectivity index (χ1n) is 12.0. The van der Waals surface area contributed by atoms with Gasteiger partial charge in [0.1, 0.15) is 5.75 Å². The molecule has 1 atom stereocenters. The maximum absolute atomic E-state index is 13.1. The lowest BCUT2D eigenvalue weighted by atomic mass is 9.95. The van der Waals surface area contributed by atoms with E-state index in [4.69, 9.17) is 4.74 Å². The minimum absolute atomic E-state index is 0.0373. The fourth-order valence-electron chi connectivity index (χ4n) is 4.39. The van der Waals surface area contributed by atoms with Crippen molar-refractivity contribution in [2.24, 2.45) is 0 Å². The summed E-state index contributed by atoms with van der Waals surface area (Å²) in [5, 5.41) is -0.115. The van der Waals surface area contributed by atoms with Crippen LogP contribution in [0.25, 0.3) is 0 Å². The van der Waals surface area contributed by atoms with E-state index in [1.165, 1.54) is 29.5 Å². The second kappa shape index (κ2) is 8.68. The fourth-order valence-corrected chi connectivity index (χ4v) is 5.02. The Kier molecular flexibility index (Phi) is 6.25. The molecule has 4 rings (SSSR count). The normalized spacial score (nSPS) is 19.5. The highest BCUT2D eigenvalue weighted by Gasteiger charge is 2.39. The van der Waals surface area contributed by atoms with Crippen LogP contribution in [0.15, 0.2) is 42.5 Å². The van der Waals surface area contributed by atoms with Crippen molar-refractivity contribution in [3.05, 3.63) is 59.2 Å². The van der Waals surface area contributed by atoms with Gasteiger partial charge in [0, 0.05) is 18.7 Å². The number of benzene rings is 2. The number of nitrogens with zero attached hydrogens (tertiary/aromatic N) is 1. The predicted octanol–water partition coefficient (Wildman–Crippen LogP) is 5.83. The van der Waals surface area contributed by atoms with E-state index >= 15 is 0 Å². The summed E-state index contributed by atoms with van der Waals surface area (Å²) in [6.07, 6.45) is 4.60. The number of carbonyl (C=O) groups excluding carboxylic acids is 1. The molecule has 1 heterocycles. The zero-order chi connectivity index (χ0) is 23.1. The first kappa shape index (κ1) is 23.1. The van der Waals surface area contributed by atoms with Crippen molar-refractivity contribution in [2.45, 2.75) is 83.0 Å². The van der Waals surface area contributed by atoms with E-state index in [1.807, 2.05) is 30.1 Å². The molecular weight excluding hydrogens is 414 g/mol. The van der Waals surface area contributed by atoms with E-state index in [1.54, 1.807) is 0 Å². The van der Waals surface area contributed by atoms with Crippen LogP contribution in [0, 0.1) is 0 Å². The van der Waals surface area contributed by atoms with Gasteiger partial charge in [0.15, 0.2) is 14.4 Å². The van der Waals surface area contributed by atoms with Gasteiger partial charge in [-0.15, -0.1) is 0 Å². The van der Waals surface area contributed by atoms with E-state index in [-0.39, 0.29) is 10.9 Å². The predicted molar refractivity (Wildman–Crippen MR) is 133 cm³/mol. The van der Waals surface area contributed by atoms with Crippen LogP contribution in [-0.2, 0) is 17.6 Å². The molecule has 1 aliphatic carbocycles. The summed E-state index contributed by atoms with van der Waals surface area (Å²) in [5.41, 5.74) is 4.84. The Balaban J connectivity index is 1.46. The fraction of sp³-hybridized carbons (Fsp3) is 0.519. The van der Waals surface area contributed by atoms with E-state index < -0.39 is 14.4 Å². The molecule has 0 radical (unpaired) electrons. The lowest BCUT2D eigenvalue weighted by Gasteiger charge is -2.35. The molecule has 2 fully saturated rings. The maximum Gasteiger partial charge on any atom is 0.268 e. The zero-order valence-electron chi connectivity index (χ0n) is 20.1. The first-order valence-corrected chi connectivity index (χ1v) is 15.0. The molecule has 1 saturated heterocycles. The Hall–Kier alpha value is -2.11. The molecule has 0 aromatic heterocycles. The Labute approximate surface area is 193 Å². The lowest BCUT2D eigenvalue weighted by Crippen LogP contribution is -2.40. The van der Waals surface area contributed by atoms with Crippen LogP contribution in [0.1, 0.15) is 62.6 Å².